The zero-order chi connectivity index (χ0) is 12.9. The molecule has 4 heteroatoms. The van der Waals surface area contributed by atoms with E-state index in [4.69, 9.17) is 4.74 Å². The van der Waals surface area contributed by atoms with E-state index in [0.29, 0.717) is 12.5 Å². The molecule has 17 heavy (non-hydrogen) atoms. The van der Waals surface area contributed by atoms with Crippen molar-refractivity contribution in [2.75, 3.05) is 13.7 Å². The third kappa shape index (κ3) is 3.68. The molecule has 1 rings (SSSR count). The van der Waals surface area contributed by atoms with E-state index >= 15 is 0 Å². The van der Waals surface area contributed by atoms with Gasteiger partial charge in [0.15, 0.2) is 0 Å². The molecule has 4 nitrogen and oxygen atoms in total. The predicted octanol–water partition coefficient (Wildman–Crippen LogP) is 2.03. The first-order valence-corrected chi connectivity index (χ1v) is 6.54. The van der Waals surface area contributed by atoms with Crippen molar-refractivity contribution in [3.05, 3.63) is 0 Å². The topological polar surface area (TPSA) is 58.6 Å². The van der Waals surface area contributed by atoms with E-state index in [9.17, 15) is 9.90 Å². The maximum absolute atomic E-state index is 11.5. The lowest BCUT2D eigenvalue weighted by atomic mass is 9.75. The predicted molar refractivity (Wildman–Crippen MR) is 67.1 cm³/mol. The van der Waals surface area contributed by atoms with Gasteiger partial charge in [0.05, 0.1) is 6.61 Å². The second-order valence-electron chi connectivity index (χ2n) is 5.24. The van der Waals surface area contributed by atoms with Crippen LogP contribution >= 0.6 is 0 Å². The highest BCUT2D eigenvalue weighted by Gasteiger charge is 2.42. The van der Waals surface area contributed by atoms with Gasteiger partial charge in [-0.3, -0.25) is 10.1 Å². The molecule has 0 heterocycles. The van der Waals surface area contributed by atoms with Crippen molar-refractivity contribution in [2.24, 2.45) is 5.92 Å². The SMILES string of the molecule is CCC1CCC(NC(C)COC)(C(=O)O)CC1. The molecule has 1 unspecified atom stereocenters. The fourth-order valence-corrected chi connectivity index (χ4v) is 2.76. The number of carboxylic acid groups (broad SMARTS) is 1. The van der Waals surface area contributed by atoms with E-state index in [-0.39, 0.29) is 6.04 Å². The number of ether oxygens (including phenoxy) is 1. The van der Waals surface area contributed by atoms with Crippen molar-refractivity contribution in [3.8, 4) is 0 Å². The highest BCUT2D eigenvalue weighted by atomic mass is 16.5. The second-order valence-corrected chi connectivity index (χ2v) is 5.24. The largest absolute Gasteiger partial charge is 0.480 e. The molecule has 1 atom stereocenters. The summed E-state index contributed by atoms with van der Waals surface area (Å²) in [5.41, 5.74) is -0.733. The highest BCUT2D eigenvalue weighted by molar-refractivity contribution is 5.79. The zero-order valence-electron chi connectivity index (χ0n) is 11.2. The number of hydrogen-bond donors (Lipinski definition) is 2. The van der Waals surface area contributed by atoms with Gasteiger partial charge in [-0.05, 0) is 38.5 Å². The Kier molecular flexibility index (Phi) is 5.40. The fourth-order valence-electron chi connectivity index (χ4n) is 2.76. The van der Waals surface area contributed by atoms with E-state index in [1.807, 2.05) is 6.92 Å². The van der Waals surface area contributed by atoms with Gasteiger partial charge >= 0.3 is 5.97 Å². The van der Waals surface area contributed by atoms with Crippen LogP contribution in [0.1, 0.15) is 46.0 Å². The van der Waals surface area contributed by atoms with Crippen molar-refractivity contribution in [3.63, 3.8) is 0 Å². The quantitative estimate of drug-likeness (QED) is 0.749. The second kappa shape index (κ2) is 6.36. The number of rotatable bonds is 6. The first kappa shape index (κ1) is 14.5. The smallest absolute Gasteiger partial charge is 0.323 e. The molecule has 1 aliphatic carbocycles. The van der Waals surface area contributed by atoms with E-state index in [1.165, 1.54) is 0 Å². The Morgan fingerprint density at radius 1 is 1.53 bits per heavy atom. The Hall–Kier alpha value is -0.610. The molecule has 1 fully saturated rings. The van der Waals surface area contributed by atoms with Crippen molar-refractivity contribution < 1.29 is 14.6 Å². The molecule has 0 aliphatic heterocycles. The fraction of sp³-hybridized carbons (Fsp3) is 0.923. The summed E-state index contributed by atoms with van der Waals surface area (Å²) in [6.45, 7) is 4.70. The highest BCUT2D eigenvalue weighted by Crippen LogP contribution is 2.34. The van der Waals surface area contributed by atoms with Gasteiger partial charge in [-0.2, -0.15) is 0 Å². The van der Waals surface area contributed by atoms with Crippen LogP contribution in [0, 0.1) is 5.92 Å². The first-order chi connectivity index (χ1) is 8.04. The number of carboxylic acids is 1. The number of aliphatic carboxylic acids is 1. The van der Waals surface area contributed by atoms with Gasteiger partial charge in [0.25, 0.3) is 0 Å². The molecule has 0 radical (unpaired) electrons. The lowest BCUT2D eigenvalue weighted by Crippen LogP contribution is -2.57. The van der Waals surface area contributed by atoms with E-state index < -0.39 is 11.5 Å². The summed E-state index contributed by atoms with van der Waals surface area (Å²) in [7, 11) is 1.64. The van der Waals surface area contributed by atoms with Gasteiger partial charge in [0, 0.05) is 13.2 Å². The van der Waals surface area contributed by atoms with Gasteiger partial charge < -0.3 is 9.84 Å². The molecule has 0 bridgehead atoms. The molecule has 0 spiro atoms. The summed E-state index contributed by atoms with van der Waals surface area (Å²) in [4.78, 5) is 11.5. The molecule has 100 valence electrons. The van der Waals surface area contributed by atoms with E-state index in [0.717, 1.165) is 32.1 Å². The van der Waals surface area contributed by atoms with Gasteiger partial charge in [-0.1, -0.05) is 13.3 Å². The van der Waals surface area contributed by atoms with Crippen LogP contribution in [0.5, 0.6) is 0 Å². The number of hydrogen-bond acceptors (Lipinski definition) is 3. The monoisotopic (exact) mass is 243 g/mol. The van der Waals surface area contributed by atoms with Gasteiger partial charge in [-0.25, -0.2) is 0 Å². The van der Waals surface area contributed by atoms with E-state index in [1.54, 1.807) is 7.11 Å². The molecule has 0 amide bonds. The average Bonchev–Trinajstić information content (AvgIpc) is 2.30. The van der Waals surface area contributed by atoms with Crippen LogP contribution in [0.2, 0.25) is 0 Å². The minimum atomic E-state index is -0.733. The molecular weight excluding hydrogens is 218 g/mol. The number of carbonyl (C=O) groups is 1. The van der Waals surface area contributed by atoms with E-state index in [2.05, 4.69) is 12.2 Å². The summed E-state index contributed by atoms with van der Waals surface area (Å²) in [5, 5.41) is 12.7. The van der Waals surface area contributed by atoms with Crippen LogP contribution in [0.4, 0.5) is 0 Å². The maximum atomic E-state index is 11.5. The molecule has 0 aromatic rings. The van der Waals surface area contributed by atoms with Crippen molar-refractivity contribution in [1.82, 2.24) is 5.32 Å². The van der Waals surface area contributed by atoms with Crippen LogP contribution in [-0.4, -0.2) is 36.4 Å². The maximum Gasteiger partial charge on any atom is 0.323 e. The van der Waals surface area contributed by atoms with Crippen molar-refractivity contribution in [2.45, 2.75) is 57.5 Å². The number of nitrogens with one attached hydrogen (secondary N) is 1. The normalized spacial score (nSPS) is 31.1. The third-order valence-electron chi connectivity index (χ3n) is 3.88. The molecule has 0 saturated heterocycles. The minimum absolute atomic E-state index is 0.0780. The Bertz CT molecular complexity index is 247. The van der Waals surface area contributed by atoms with Crippen LogP contribution in [0.15, 0.2) is 0 Å². The molecule has 1 saturated carbocycles. The number of methoxy groups -OCH3 is 1. The summed E-state index contributed by atoms with van der Waals surface area (Å²) in [6.07, 6.45) is 4.64. The Morgan fingerprint density at radius 3 is 2.53 bits per heavy atom. The van der Waals surface area contributed by atoms with Crippen LogP contribution in [-0.2, 0) is 9.53 Å². The molecule has 0 aromatic heterocycles. The lowest BCUT2D eigenvalue weighted by molar-refractivity contribution is -0.147. The van der Waals surface area contributed by atoms with Crippen LogP contribution in [0.3, 0.4) is 0 Å². The van der Waals surface area contributed by atoms with Crippen molar-refractivity contribution >= 4 is 5.97 Å². The van der Waals surface area contributed by atoms with Gasteiger partial charge in [-0.15, -0.1) is 0 Å². The lowest BCUT2D eigenvalue weighted by Gasteiger charge is -2.39. The summed E-state index contributed by atoms with van der Waals surface area (Å²) >= 11 is 0. The Morgan fingerprint density at radius 2 is 2.12 bits per heavy atom. The molecule has 1 aliphatic rings. The minimum Gasteiger partial charge on any atom is -0.480 e. The summed E-state index contributed by atoms with van der Waals surface area (Å²) in [5.74, 6) is -0.0167. The van der Waals surface area contributed by atoms with Crippen LogP contribution < -0.4 is 5.32 Å². The van der Waals surface area contributed by atoms with Gasteiger partial charge in [0.1, 0.15) is 5.54 Å². The van der Waals surface area contributed by atoms with Crippen molar-refractivity contribution in [1.29, 1.82) is 0 Å². The molecule has 2 N–H and O–H groups in total. The third-order valence-corrected chi connectivity index (χ3v) is 3.88. The average molecular weight is 243 g/mol. The summed E-state index contributed by atoms with van der Waals surface area (Å²) < 4.78 is 5.06. The Balaban J connectivity index is 2.62. The first-order valence-electron chi connectivity index (χ1n) is 6.54. The standard InChI is InChI=1S/C13H25NO3/c1-4-11-5-7-13(8-6-11,12(15)16)14-10(2)9-17-3/h10-11,14H,4-9H2,1-3H3,(H,15,16). The molecular formula is C13H25NO3. The van der Waals surface area contributed by atoms with Crippen LogP contribution in [0.25, 0.3) is 0 Å². The Labute approximate surface area is 104 Å². The van der Waals surface area contributed by atoms with Gasteiger partial charge in [0.2, 0.25) is 0 Å². The summed E-state index contributed by atoms with van der Waals surface area (Å²) in [6, 6.07) is 0.0780. The zero-order valence-corrected chi connectivity index (χ0v) is 11.2. The molecule has 0 aromatic carbocycles.